The van der Waals surface area contributed by atoms with Crippen LogP contribution in [0.4, 0.5) is 5.69 Å². The minimum absolute atomic E-state index is 0.248. The molecule has 0 saturated carbocycles. The summed E-state index contributed by atoms with van der Waals surface area (Å²) in [5, 5.41) is 3.55. The molecule has 1 N–H and O–H groups in total. The van der Waals surface area contributed by atoms with Gasteiger partial charge >= 0.3 is 0 Å². The lowest BCUT2D eigenvalue weighted by atomic mass is 10.2. The molecule has 1 heterocycles. The molecule has 1 amide bonds. The quantitative estimate of drug-likeness (QED) is 0.940. The van der Waals surface area contributed by atoms with Crippen molar-refractivity contribution in [3.05, 3.63) is 52.1 Å². The predicted molar refractivity (Wildman–Crippen MR) is 75.2 cm³/mol. The fraction of sp³-hybridized carbons (Fsp3) is 0.0769. The third-order valence-corrected chi connectivity index (χ3v) is 2.95. The third kappa shape index (κ3) is 3.16. The first-order valence-corrected chi connectivity index (χ1v) is 6.13. The third-order valence-electron chi connectivity index (χ3n) is 2.39. The molecular formula is C13H10Cl2N2O2. The standard InChI is InChI=1S/C13H10Cl2N2O2/c1-19-13-9(3-2-6-16-13)12(18)17-11-7-8(14)4-5-10(11)15/h2-7H,1H3,(H,17,18). The van der Waals surface area contributed by atoms with Crippen LogP contribution in [0, 0.1) is 0 Å². The van der Waals surface area contributed by atoms with Gasteiger partial charge in [-0.1, -0.05) is 23.2 Å². The molecule has 0 bridgehead atoms. The molecule has 0 aliphatic carbocycles. The molecule has 1 aromatic heterocycles. The van der Waals surface area contributed by atoms with Gasteiger partial charge in [-0.2, -0.15) is 0 Å². The van der Waals surface area contributed by atoms with E-state index in [2.05, 4.69) is 10.3 Å². The number of ether oxygens (including phenoxy) is 1. The van der Waals surface area contributed by atoms with Crippen LogP contribution in [0.25, 0.3) is 0 Å². The Morgan fingerprint density at radius 3 is 2.84 bits per heavy atom. The second kappa shape index (κ2) is 5.91. The fourth-order valence-electron chi connectivity index (χ4n) is 1.51. The van der Waals surface area contributed by atoms with Crippen molar-refractivity contribution in [1.29, 1.82) is 0 Å². The number of nitrogens with one attached hydrogen (secondary N) is 1. The van der Waals surface area contributed by atoms with Gasteiger partial charge in [0.05, 0.1) is 17.8 Å². The van der Waals surface area contributed by atoms with Crippen LogP contribution in [-0.2, 0) is 0 Å². The van der Waals surface area contributed by atoms with Crippen molar-refractivity contribution in [3.63, 3.8) is 0 Å². The Balaban J connectivity index is 2.28. The van der Waals surface area contributed by atoms with Gasteiger partial charge in [-0.3, -0.25) is 4.79 Å². The van der Waals surface area contributed by atoms with E-state index in [4.69, 9.17) is 27.9 Å². The Morgan fingerprint density at radius 2 is 2.11 bits per heavy atom. The molecule has 0 radical (unpaired) electrons. The average Bonchev–Trinajstić information content (AvgIpc) is 2.42. The van der Waals surface area contributed by atoms with Gasteiger partial charge in [0.2, 0.25) is 5.88 Å². The zero-order chi connectivity index (χ0) is 13.8. The van der Waals surface area contributed by atoms with E-state index in [0.29, 0.717) is 21.3 Å². The van der Waals surface area contributed by atoms with Crippen LogP contribution in [0.2, 0.25) is 10.0 Å². The minimum atomic E-state index is -0.367. The van der Waals surface area contributed by atoms with Crippen LogP contribution in [0.1, 0.15) is 10.4 Å². The van der Waals surface area contributed by atoms with Gasteiger partial charge in [0, 0.05) is 11.2 Å². The van der Waals surface area contributed by atoms with Gasteiger partial charge in [-0.15, -0.1) is 0 Å². The number of benzene rings is 1. The van der Waals surface area contributed by atoms with E-state index in [1.165, 1.54) is 7.11 Å². The summed E-state index contributed by atoms with van der Waals surface area (Å²) in [6.45, 7) is 0. The molecule has 4 nitrogen and oxygen atoms in total. The minimum Gasteiger partial charge on any atom is -0.480 e. The van der Waals surface area contributed by atoms with Crippen molar-refractivity contribution in [3.8, 4) is 5.88 Å². The second-order valence-corrected chi connectivity index (χ2v) is 4.48. The van der Waals surface area contributed by atoms with Gasteiger partial charge < -0.3 is 10.1 Å². The highest BCUT2D eigenvalue weighted by Crippen LogP contribution is 2.26. The van der Waals surface area contributed by atoms with Crippen LogP contribution in [0.3, 0.4) is 0 Å². The molecule has 2 rings (SSSR count). The van der Waals surface area contributed by atoms with Gasteiger partial charge in [0.25, 0.3) is 5.91 Å². The number of amides is 1. The summed E-state index contributed by atoms with van der Waals surface area (Å²) < 4.78 is 5.03. The number of carbonyl (C=O) groups excluding carboxylic acids is 1. The van der Waals surface area contributed by atoms with E-state index in [1.807, 2.05) is 0 Å². The molecule has 0 unspecified atom stereocenters. The van der Waals surface area contributed by atoms with Crippen molar-refractivity contribution < 1.29 is 9.53 Å². The van der Waals surface area contributed by atoms with E-state index in [1.54, 1.807) is 36.5 Å². The van der Waals surface area contributed by atoms with E-state index in [0.717, 1.165) is 0 Å². The zero-order valence-corrected chi connectivity index (χ0v) is 11.5. The summed E-state index contributed by atoms with van der Waals surface area (Å²) >= 11 is 11.8. The Hall–Kier alpha value is -1.78. The summed E-state index contributed by atoms with van der Waals surface area (Å²) in [7, 11) is 1.45. The molecule has 6 heteroatoms. The number of hydrogen-bond acceptors (Lipinski definition) is 3. The highest BCUT2D eigenvalue weighted by molar-refractivity contribution is 6.35. The average molecular weight is 297 g/mol. The molecule has 2 aromatic rings. The smallest absolute Gasteiger partial charge is 0.261 e. The van der Waals surface area contributed by atoms with Crippen molar-refractivity contribution >= 4 is 34.8 Å². The highest BCUT2D eigenvalue weighted by Gasteiger charge is 2.14. The first-order chi connectivity index (χ1) is 9.11. The number of hydrogen-bond donors (Lipinski definition) is 1. The van der Waals surface area contributed by atoms with E-state index >= 15 is 0 Å². The highest BCUT2D eigenvalue weighted by atomic mass is 35.5. The van der Waals surface area contributed by atoms with Crippen LogP contribution in [-0.4, -0.2) is 18.0 Å². The molecule has 0 saturated heterocycles. The number of halogens is 2. The molecule has 98 valence electrons. The maximum Gasteiger partial charge on any atom is 0.261 e. The first kappa shape index (κ1) is 13.6. The number of nitrogens with zero attached hydrogens (tertiary/aromatic N) is 1. The van der Waals surface area contributed by atoms with Crippen molar-refractivity contribution in [2.75, 3.05) is 12.4 Å². The predicted octanol–water partition coefficient (Wildman–Crippen LogP) is 3.65. The summed E-state index contributed by atoms with van der Waals surface area (Å²) in [5.41, 5.74) is 0.756. The normalized spacial score (nSPS) is 10.1. The lowest BCUT2D eigenvalue weighted by molar-refractivity contribution is 0.102. The largest absolute Gasteiger partial charge is 0.480 e. The summed E-state index contributed by atoms with van der Waals surface area (Å²) in [5.74, 6) is -0.118. The maximum absolute atomic E-state index is 12.1. The van der Waals surface area contributed by atoms with Crippen LogP contribution >= 0.6 is 23.2 Å². The van der Waals surface area contributed by atoms with Crippen LogP contribution in [0.15, 0.2) is 36.5 Å². The van der Waals surface area contributed by atoms with Gasteiger partial charge in [-0.25, -0.2) is 4.98 Å². The van der Waals surface area contributed by atoms with Crippen LogP contribution < -0.4 is 10.1 Å². The number of methoxy groups -OCH3 is 1. The summed E-state index contributed by atoms with van der Waals surface area (Å²) in [6, 6.07) is 8.09. The molecule has 0 aliphatic heterocycles. The second-order valence-electron chi connectivity index (χ2n) is 3.64. The summed E-state index contributed by atoms with van der Waals surface area (Å²) in [4.78, 5) is 16.1. The number of rotatable bonds is 3. The summed E-state index contributed by atoms with van der Waals surface area (Å²) in [6.07, 6.45) is 1.54. The monoisotopic (exact) mass is 296 g/mol. The molecule has 1 aromatic carbocycles. The number of anilines is 1. The lowest BCUT2D eigenvalue weighted by Crippen LogP contribution is -2.14. The SMILES string of the molecule is COc1ncccc1C(=O)Nc1cc(Cl)ccc1Cl. The maximum atomic E-state index is 12.1. The van der Waals surface area contributed by atoms with Crippen molar-refractivity contribution in [2.45, 2.75) is 0 Å². The van der Waals surface area contributed by atoms with Gasteiger partial charge in [0.1, 0.15) is 5.56 Å². The van der Waals surface area contributed by atoms with Gasteiger partial charge in [0.15, 0.2) is 0 Å². The Bertz CT molecular complexity index is 617. The molecule has 0 spiro atoms. The molecule has 0 atom stereocenters. The lowest BCUT2D eigenvalue weighted by Gasteiger charge is -2.09. The molecule has 0 fully saturated rings. The first-order valence-electron chi connectivity index (χ1n) is 5.37. The Kier molecular flexibility index (Phi) is 4.24. The van der Waals surface area contributed by atoms with Crippen LogP contribution in [0.5, 0.6) is 5.88 Å². The van der Waals surface area contributed by atoms with E-state index in [9.17, 15) is 4.79 Å². The van der Waals surface area contributed by atoms with Crippen molar-refractivity contribution in [1.82, 2.24) is 4.98 Å². The van der Waals surface area contributed by atoms with E-state index in [-0.39, 0.29) is 11.8 Å². The fourth-order valence-corrected chi connectivity index (χ4v) is 1.85. The zero-order valence-electron chi connectivity index (χ0n) is 9.98. The number of carbonyl (C=O) groups is 1. The van der Waals surface area contributed by atoms with E-state index < -0.39 is 0 Å². The van der Waals surface area contributed by atoms with Gasteiger partial charge in [-0.05, 0) is 30.3 Å². The molecule has 0 aliphatic rings. The number of aromatic nitrogens is 1. The Labute approximate surface area is 120 Å². The Morgan fingerprint density at radius 1 is 1.32 bits per heavy atom. The van der Waals surface area contributed by atoms with Crippen molar-refractivity contribution in [2.24, 2.45) is 0 Å². The number of pyridine rings is 1. The molecular weight excluding hydrogens is 287 g/mol. The molecule has 19 heavy (non-hydrogen) atoms. The topological polar surface area (TPSA) is 51.2 Å².